The molecule has 26 heavy (non-hydrogen) atoms. The zero-order chi connectivity index (χ0) is 18.5. The smallest absolute Gasteiger partial charge is 0.274 e. The molecule has 1 aromatic heterocycles. The highest BCUT2D eigenvalue weighted by atomic mass is 19.1. The van der Waals surface area contributed by atoms with Gasteiger partial charge >= 0.3 is 0 Å². The van der Waals surface area contributed by atoms with Crippen LogP contribution < -0.4 is 20.3 Å². The molecular formula is C18H17FN4O3. The number of nitrogens with one attached hydrogen (secondary N) is 2. The first kappa shape index (κ1) is 17.4. The molecule has 0 unspecified atom stereocenters. The molecule has 0 aliphatic carbocycles. The van der Waals surface area contributed by atoms with Gasteiger partial charge in [-0.2, -0.15) is 0 Å². The lowest BCUT2D eigenvalue weighted by atomic mass is 10.1. The Morgan fingerprint density at radius 2 is 1.85 bits per heavy atom. The highest BCUT2D eigenvalue weighted by molar-refractivity contribution is 5.64. The fourth-order valence-electron chi connectivity index (χ4n) is 2.37. The SMILES string of the molecule is COc1ccc(OC)c(Nc2nnc(Cc3ccc(F)cc3)c(=O)[nH]2)c1. The standard InChI is InChI=1S/C18H17FN4O3/c1-25-13-7-8-16(26-2)14(10-13)20-18-21-17(24)15(22-23-18)9-11-3-5-12(19)6-4-11/h3-8,10H,9H2,1-2H3,(H2,20,21,23,24). The van der Waals surface area contributed by atoms with Gasteiger partial charge in [-0.05, 0) is 29.8 Å². The first-order valence-electron chi connectivity index (χ1n) is 7.78. The fourth-order valence-corrected chi connectivity index (χ4v) is 2.37. The van der Waals surface area contributed by atoms with Crippen LogP contribution in [0.25, 0.3) is 0 Å². The van der Waals surface area contributed by atoms with Gasteiger partial charge in [0.25, 0.3) is 5.56 Å². The predicted molar refractivity (Wildman–Crippen MR) is 94.7 cm³/mol. The molecular weight excluding hydrogens is 339 g/mol. The molecule has 0 saturated heterocycles. The topological polar surface area (TPSA) is 89.1 Å². The van der Waals surface area contributed by atoms with Crippen molar-refractivity contribution >= 4 is 11.6 Å². The van der Waals surface area contributed by atoms with E-state index in [1.54, 1.807) is 37.4 Å². The van der Waals surface area contributed by atoms with Crippen molar-refractivity contribution in [2.45, 2.75) is 6.42 Å². The molecule has 0 aliphatic heterocycles. The van der Waals surface area contributed by atoms with E-state index in [1.807, 2.05) is 0 Å². The third-order valence-corrected chi connectivity index (χ3v) is 3.71. The summed E-state index contributed by atoms with van der Waals surface area (Å²) in [6.07, 6.45) is 0.255. The Morgan fingerprint density at radius 1 is 1.08 bits per heavy atom. The second kappa shape index (κ2) is 7.64. The number of ether oxygens (including phenoxy) is 2. The Morgan fingerprint density at radius 3 is 2.50 bits per heavy atom. The van der Waals surface area contributed by atoms with Crippen molar-refractivity contribution in [1.82, 2.24) is 15.2 Å². The third kappa shape index (κ3) is 3.97. The van der Waals surface area contributed by atoms with Gasteiger partial charge < -0.3 is 14.8 Å². The number of hydrogen-bond acceptors (Lipinski definition) is 6. The number of hydrogen-bond donors (Lipinski definition) is 2. The summed E-state index contributed by atoms with van der Waals surface area (Å²) >= 11 is 0. The molecule has 8 heteroatoms. The van der Waals surface area contributed by atoms with E-state index in [-0.39, 0.29) is 29.4 Å². The lowest BCUT2D eigenvalue weighted by molar-refractivity contribution is 0.404. The molecule has 0 aliphatic rings. The summed E-state index contributed by atoms with van der Waals surface area (Å²) < 4.78 is 23.4. The quantitative estimate of drug-likeness (QED) is 0.706. The molecule has 0 spiro atoms. The van der Waals surface area contributed by atoms with Gasteiger partial charge in [0.15, 0.2) is 0 Å². The number of anilines is 2. The van der Waals surface area contributed by atoms with Gasteiger partial charge in [-0.25, -0.2) is 4.39 Å². The molecule has 7 nitrogen and oxygen atoms in total. The molecule has 1 heterocycles. The van der Waals surface area contributed by atoms with Gasteiger partial charge in [0.1, 0.15) is 23.0 Å². The van der Waals surface area contributed by atoms with Crippen molar-refractivity contribution in [2.75, 3.05) is 19.5 Å². The van der Waals surface area contributed by atoms with Crippen molar-refractivity contribution in [3.63, 3.8) is 0 Å². The second-order valence-corrected chi connectivity index (χ2v) is 5.44. The molecule has 3 rings (SSSR count). The number of benzene rings is 2. The summed E-state index contributed by atoms with van der Waals surface area (Å²) in [5.74, 6) is 1.02. The van der Waals surface area contributed by atoms with Crippen LogP contribution in [0.2, 0.25) is 0 Å². The maximum absolute atomic E-state index is 13.0. The van der Waals surface area contributed by atoms with Gasteiger partial charge in [0.05, 0.1) is 19.9 Å². The Balaban J connectivity index is 1.81. The lowest BCUT2D eigenvalue weighted by Gasteiger charge is -2.11. The minimum Gasteiger partial charge on any atom is -0.497 e. The lowest BCUT2D eigenvalue weighted by Crippen LogP contribution is -2.19. The van der Waals surface area contributed by atoms with Gasteiger partial charge in [0, 0.05) is 12.5 Å². The van der Waals surface area contributed by atoms with Crippen molar-refractivity contribution in [3.05, 3.63) is 69.9 Å². The van der Waals surface area contributed by atoms with Gasteiger partial charge in [-0.3, -0.25) is 9.78 Å². The second-order valence-electron chi connectivity index (χ2n) is 5.44. The number of aromatic amines is 1. The first-order valence-corrected chi connectivity index (χ1v) is 7.78. The van der Waals surface area contributed by atoms with Crippen molar-refractivity contribution in [2.24, 2.45) is 0 Å². The zero-order valence-electron chi connectivity index (χ0n) is 14.2. The number of rotatable bonds is 6. The normalized spacial score (nSPS) is 10.4. The Kier molecular flexibility index (Phi) is 5.12. The van der Waals surface area contributed by atoms with Crippen molar-refractivity contribution < 1.29 is 13.9 Å². The average Bonchev–Trinajstić information content (AvgIpc) is 2.65. The minimum absolute atomic E-state index is 0.171. The molecule has 0 atom stereocenters. The largest absolute Gasteiger partial charge is 0.497 e. The van der Waals surface area contributed by atoms with Crippen LogP contribution in [0, 0.1) is 5.82 Å². The molecule has 134 valence electrons. The molecule has 0 amide bonds. The summed E-state index contributed by atoms with van der Waals surface area (Å²) in [6, 6.07) is 11.1. The molecule has 0 radical (unpaired) electrons. The third-order valence-electron chi connectivity index (χ3n) is 3.71. The zero-order valence-corrected chi connectivity index (χ0v) is 14.2. The van der Waals surface area contributed by atoms with E-state index in [4.69, 9.17) is 9.47 Å². The van der Waals surface area contributed by atoms with Crippen LogP contribution >= 0.6 is 0 Å². The molecule has 0 fully saturated rings. The number of nitrogens with zero attached hydrogens (tertiary/aromatic N) is 2. The Hall–Kier alpha value is -3.42. The van der Waals surface area contributed by atoms with E-state index < -0.39 is 0 Å². The van der Waals surface area contributed by atoms with Crippen LogP contribution in [0.5, 0.6) is 11.5 Å². The summed E-state index contributed by atoms with van der Waals surface area (Å²) in [5, 5.41) is 10.9. The van der Waals surface area contributed by atoms with E-state index in [0.29, 0.717) is 17.2 Å². The van der Waals surface area contributed by atoms with Crippen molar-refractivity contribution in [1.29, 1.82) is 0 Å². The maximum atomic E-state index is 13.0. The van der Waals surface area contributed by atoms with Crippen LogP contribution in [0.3, 0.4) is 0 Å². The van der Waals surface area contributed by atoms with Gasteiger partial charge in [0.2, 0.25) is 5.95 Å². The predicted octanol–water partition coefficient (Wildman–Crippen LogP) is 2.66. The average molecular weight is 356 g/mol. The Bertz CT molecular complexity index is 957. The highest BCUT2D eigenvalue weighted by Gasteiger charge is 2.10. The fraction of sp³-hybridized carbons (Fsp3) is 0.167. The first-order chi connectivity index (χ1) is 12.6. The van der Waals surface area contributed by atoms with Crippen molar-refractivity contribution in [3.8, 4) is 11.5 Å². The van der Waals surface area contributed by atoms with Crippen LogP contribution in [0.15, 0.2) is 47.3 Å². The molecule has 3 aromatic rings. The Labute approximate surface area is 148 Å². The number of halogens is 1. The van der Waals surface area contributed by atoms with Crippen LogP contribution in [0.4, 0.5) is 16.0 Å². The van der Waals surface area contributed by atoms with Crippen LogP contribution in [-0.2, 0) is 6.42 Å². The molecule has 2 N–H and O–H groups in total. The number of H-pyrrole nitrogens is 1. The van der Waals surface area contributed by atoms with E-state index in [9.17, 15) is 9.18 Å². The number of aromatic nitrogens is 3. The summed E-state index contributed by atoms with van der Waals surface area (Å²) in [6.45, 7) is 0. The summed E-state index contributed by atoms with van der Waals surface area (Å²) in [4.78, 5) is 14.9. The van der Waals surface area contributed by atoms with Crippen LogP contribution in [-0.4, -0.2) is 29.4 Å². The van der Waals surface area contributed by atoms with E-state index >= 15 is 0 Å². The van der Waals surface area contributed by atoms with E-state index in [0.717, 1.165) is 5.56 Å². The maximum Gasteiger partial charge on any atom is 0.274 e. The minimum atomic E-state index is -0.381. The molecule has 0 saturated carbocycles. The van der Waals surface area contributed by atoms with E-state index in [1.165, 1.54) is 19.2 Å². The van der Waals surface area contributed by atoms with Gasteiger partial charge in [-0.1, -0.05) is 12.1 Å². The number of methoxy groups -OCH3 is 2. The highest BCUT2D eigenvalue weighted by Crippen LogP contribution is 2.30. The van der Waals surface area contributed by atoms with Crippen LogP contribution in [0.1, 0.15) is 11.3 Å². The summed E-state index contributed by atoms with van der Waals surface area (Å²) in [7, 11) is 3.09. The molecule has 2 aromatic carbocycles. The molecule has 0 bridgehead atoms. The summed E-state index contributed by atoms with van der Waals surface area (Å²) in [5.41, 5.74) is 1.19. The monoisotopic (exact) mass is 356 g/mol. The van der Waals surface area contributed by atoms with E-state index in [2.05, 4.69) is 20.5 Å². The van der Waals surface area contributed by atoms with Gasteiger partial charge in [-0.15, -0.1) is 10.2 Å².